The predicted octanol–water partition coefficient (Wildman–Crippen LogP) is 3.93. The number of rotatable bonds is 6. The molecule has 2 fully saturated rings. The first kappa shape index (κ1) is 22.7. The fourth-order valence-corrected chi connectivity index (χ4v) is 5.28. The van der Waals surface area contributed by atoms with Crippen molar-refractivity contribution in [3.63, 3.8) is 0 Å². The lowest BCUT2D eigenvalue weighted by atomic mass is 9.90. The van der Waals surface area contributed by atoms with Crippen LogP contribution in [-0.4, -0.2) is 55.8 Å². The van der Waals surface area contributed by atoms with Crippen molar-refractivity contribution < 1.29 is 19.0 Å². The Hall–Kier alpha value is -2.44. The molecule has 5 rings (SSSR count). The van der Waals surface area contributed by atoms with Crippen molar-refractivity contribution in [2.75, 3.05) is 26.8 Å². The fraction of sp³-hybridized carbons (Fsp3) is 0.480. The minimum atomic E-state index is 0. The summed E-state index contributed by atoms with van der Waals surface area (Å²) in [5, 5.41) is 3.59. The normalized spacial score (nSPS) is 25.7. The van der Waals surface area contributed by atoms with Gasteiger partial charge >= 0.3 is 0 Å². The topological polar surface area (TPSA) is 60.0 Å². The Morgan fingerprint density at radius 1 is 1.03 bits per heavy atom. The molecule has 7 heteroatoms. The second-order valence-electron chi connectivity index (χ2n) is 8.82. The zero-order chi connectivity index (χ0) is 21.2. The van der Waals surface area contributed by atoms with Gasteiger partial charge in [-0.25, -0.2) is 0 Å². The van der Waals surface area contributed by atoms with Gasteiger partial charge in [-0.3, -0.25) is 4.79 Å². The molecule has 4 atom stereocenters. The maximum Gasteiger partial charge on any atom is 0.254 e. The molecule has 0 spiro atoms. The van der Waals surface area contributed by atoms with Crippen molar-refractivity contribution in [1.29, 1.82) is 0 Å². The molecule has 1 unspecified atom stereocenters. The molecule has 3 aliphatic rings. The molecule has 2 bridgehead atoms. The van der Waals surface area contributed by atoms with Crippen molar-refractivity contribution in [3.8, 4) is 17.2 Å². The molecular formula is C25H31ClN2O4. The number of halogens is 1. The highest BCUT2D eigenvalue weighted by atomic mass is 35.5. The standard InChI is InChI=1S/C25H30N2O4.ClH/c1-29-21-10-6-18(7-11-21)25(28)27-19-8-9-20(27)13-17(12-19)14-26-15-22-16-30-23-4-2-3-5-24(23)31-22;/h2-7,10-11,17,19-20,22,26H,8-9,12-16H2,1H3;1H/t17-,19-,20+,22?;. The highest BCUT2D eigenvalue weighted by molar-refractivity contribution is 5.95. The summed E-state index contributed by atoms with van der Waals surface area (Å²) < 4.78 is 17.1. The van der Waals surface area contributed by atoms with E-state index in [-0.39, 0.29) is 24.4 Å². The Morgan fingerprint density at radius 2 is 1.72 bits per heavy atom. The van der Waals surface area contributed by atoms with Crippen LogP contribution in [0.4, 0.5) is 0 Å². The number of amides is 1. The lowest BCUT2D eigenvalue weighted by molar-refractivity contribution is 0.0515. The van der Waals surface area contributed by atoms with E-state index < -0.39 is 0 Å². The van der Waals surface area contributed by atoms with Crippen LogP contribution in [0.15, 0.2) is 48.5 Å². The smallest absolute Gasteiger partial charge is 0.254 e. The number of ether oxygens (including phenoxy) is 3. The van der Waals surface area contributed by atoms with E-state index >= 15 is 0 Å². The molecule has 0 aliphatic carbocycles. The van der Waals surface area contributed by atoms with E-state index in [9.17, 15) is 4.79 Å². The monoisotopic (exact) mass is 458 g/mol. The molecular weight excluding hydrogens is 428 g/mol. The minimum Gasteiger partial charge on any atom is -0.497 e. The minimum absolute atomic E-state index is 0. The number of piperidine rings is 1. The van der Waals surface area contributed by atoms with Gasteiger partial charge in [0, 0.05) is 24.2 Å². The number of hydrogen-bond donors (Lipinski definition) is 1. The Bertz CT molecular complexity index is 908. The summed E-state index contributed by atoms with van der Waals surface area (Å²) >= 11 is 0. The van der Waals surface area contributed by atoms with Gasteiger partial charge in [0.15, 0.2) is 11.5 Å². The van der Waals surface area contributed by atoms with Crippen LogP contribution >= 0.6 is 12.4 Å². The Morgan fingerprint density at radius 3 is 2.41 bits per heavy atom. The maximum atomic E-state index is 13.1. The molecule has 3 aliphatic heterocycles. The van der Waals surface area contributed by atoms with Gasteiger partial charge in [0.05, 0.1) is 7.11 Å². The Kier molecular flexibility index (Phi) is 7.11. The average molecular weight is 459 g/mol. The molecule has 1 amide bonds. The Labute approximate surface area is 195 Å². The van der Waals surface area contributed by atoms with Crippen molar-refractivity contribution in [2.24, 2.45) is 5.92 Å². The quantitative estimate of drug-likeness (QED) is 0.710. The maximum absolute atomic E-state index is 13.1. The van der Waals surface area contributed by atoms with Crippen molar-refractivity contribution in [2.45, 2.75) is 43.9 Å². The molecule has 2 saturated heterocycles. The van der Waals surface area contributed by atoms with Crippen LogP contribution in [-0.2, 0) is 0 Å². The fourth-order valence-electron chi connectivity index (χ4n) is 5.28. The lowest BCUT2D eigenvalue weighted by Gasteiger charge is -2.39. The van der Waals surface area contributed by atoms with Crippen LogP contribution in [0.2, 0.25) is 0 Å². The number of fused-ring (bicyclic) bond motifs is 3. The number of methoxy groups -OCH3 is 1. The molecule has 0 saturated carbocycles. The first-order valence-electron chi connectivity index (χ1n) is 11.3. The third kappa shape index (κ3) is 4.66. The van der Waals surface area contributed by atoms with Crippen LogP contribution in [0.5, 0.6) is 17.2 Å². The summed E-state index contributed by atoms with van der Waals surface area (Å²) in [6.45, 7) is 2.30. The first-order valence-corrected chi connectivity index (χ1v) is 11.3. The van der Waals surface area contributed by atoms with Gasteiger partial charge < -0.3 is 24.4 Å². The van der Waals surface area contributed by atoms with Gasteiger partial charge in [-0.1, -0.05) is 12.1 Å². The van der Waals surface area contributed by atoms with Crippen molar-refractivity contribution in [3.05, 3.63) is 54.1 Å². The second kappa shape index (κ2) is 10.0. The van der Waals surface area contributed by atoms with Crippen LogP contribution < -0.4 is 19.5 Å². The van der Waals surface area contributed by atoms with E-state index in [4.69, 9.17) is 14.2 Å². The Balaban J connectivity index is 0.00000245. The molecule has 0 radical (unpaired) electrons. The molecule has 2 aromatic rings. The van der Waals surface area contributed by atoms with E-state index in [0.717, 1.165) is 61.6 Å². The molecule has 32 heavy (non-hydrogen) atoms. The van der Waals surface area contributed by atoms with E-state index in [1.165, 1.54) is 0 Å². The van der Waals surface area contributed by atoms with Crippen molar-refractivity contribution >= 4 is 18.3 Å². The molecule has 0 aromatic heterocycles. The van der Waals surface area contributed by atoms with Gasteiger partial charge in [-0.05, 0) is 74.5 Å². The largest absolute Gasteiger partial charge is 0.497 e. The van der Waals surface area contributed by atoms with Gasteiger partial charge in [-0.2, -0.15) is 0 Å². The third-order valence-electron chi connectivity index (χ3n) is 6.77. The summed E-state index contributed by atoms with van der Waals surface area (Å²) in [6, 6.07) is 16.0. The highest BCUT2D eigenvalue weighted by Crippen LogP contribution is 2.39. The zero-order valence-corrected chi connectivity index (χ0v) is 19.2. The lowest BCUT2D eigenvalue weighted by Crippen LogP contribution is -2.48. The number of hydrogen-bond acceptors (Lipinski definition) is 5. The summed E-state index contributed by atoms with van der Waals surface area (Å²) in [7, 11) is 1.64. The van der Waals surface area contributed by atoms with Crippen LogP contribution in [0.25, 0.3) is 0 Å². The number of benzene rings is 2. The second-order valence-corrected chi connectivity index (χ2v) is 8.82. The SMILES string of the molecule is COc1ccc(C(=O)N2[C@@H]3CC[C@H]2C[C@H](CNCC2COc4ccccc4O2)C3)cc1.Cl. The summed E-state index contributed by atoms with van der Waals surface area (Å²) in [6.07, 6.45) is 4.38. The van der Waals surface area contributed by atoms with Crippen LogP contribution in [0.3, 0.4) is 0 Å². The van der Waals surface area contributed by atoms with E-state index in [2.05, 4.69) is 10.2 Å². The highest BCUT2D eigenvalue weighted by Gasteiger charge is 2.43. The number of nitrogens with zero attached hydrogens (tertiary/aromatic N) is 1. The third-order valence-corrected chi connectivity index (χ3v) is 6.77. The van der Waals surface area contributed by atoms with E-state index in [0.29, 0.717) is 24.6 Å². The molecule has 3 heterocycles. The first-order chi connectivity index (χ1) is 15.2. The van der Waals surface area contributed by atoms with Gasteiger partial charge in [-0.15, -0.1) is 12.4 Å². The van der Waals surface area contributed by atoms with Gasteiger partial charge in [0.2, 0.25) is 0 Å². The van der Waals surface area contributed by atoms with E-state index in [1.54, 1.807) is 7.11 Å². The van der Waals surface area contributed by atoms with Gasteiger partial charge in [0.25, 0.3) is 5.91 Å². The molecule has 2 aromatic carbocycles. The van der Waals surface area contributed by atoms with Crippen LogP contribution in [0, 0.1) is 5.92 Å². The van der Waals surface area contributed by atoms with Crippen LogP contribution in [0.1, 0.15) is 36.0 Å². The summed E-state index contributed by atoms with van der Waals surface area (Å²) in [5.74, 6) is 3.18. The number of carbonyl (C=O) groups is 1. The summed E-state index contributed by atoms with van der Waals surface area (Å²) in [5.41, 5.74) is 0.754. The average Bonchev–Trinajstić information content (AvgIpc) is 3.08. The van der Waals surface area contributed by atoms with Gasteiger partial charge in [0.1, 0.15) is 18.5 Å². The molecule has 6 nitrogen and oxygen atoms in total. The predicted molar refractivity (Wildman–Crippen MR) is 125 cm³/mol. The van der Waals surface area contributed by atoms with Crippen molar-refractivity contribution in [1.82, 2.24) is 10.2 Å². The zero-order valence-electron chi connectivity index (χ0n) is 18.4. The van der Waals surface area contributed by atoms with E-state index in [1.807, 2.05) is 48.5 Å². The number of carbonyl (C=O) groups excluding carboxylic acids is 1. The molecule has 172 valence electrons. The molecule has 1 N–H and O–H groups in total. The number of para-hydroxylation sites is 2. The summed E-state index contributed by atoms with van der Waals surface area (Å²) in [4.78, 5) is 15.3. The number of nitrogens with one attached hydrogen (secondary N) is 1.